The Morgan fingerprint density at radius 1 is 0.141 bits per heavy atom. The third-order valence-electron chi connectivity index (χ3n) is 17.2. The van der Waals surface area contributed by atoms with E-state index in [1.807, 2.05) is 0 Å². The maximum Gasteiger partial charge on any atom is -0.000884 e. The Morgan fingerprint density at radius 3 is 0.739 bits per heavy atom. The minimum absolute atomic E-state index is 0.742. The summed E-state index contributed by atoms with van der Waals surface area (Å²) < 4.78 is 0. The standard InChI is InChI=1S/2C44H32P2/c1-5-19-35(20-6-1)45(36-21-7-2-8-22-36)41-31-29-33-17-13-15-27-39(33)43(41)44-40-28-16-14-18-34(40)30-32-42(44)46(37-23-9-3-10-24-37)38-25-11-4-12-26-38;1-5-18-35(19-6-1)45(36-20-7-2-8-21-36)39-30-28-34-29-31-43(46(37-22-9-3-10-23-37)38-24-11-4-12-25-38)44(42(34)32-39)41-27-15-17-33-16-13-14-26-40(33)41/h2*1-32H. The summed E-state index contributed by atoms with van der Waals surface area (Å²) in [5.74, 6) is 0. The van der Waals surface area contributed by atoms with Crippen LogP contribution < -0.4 is 63.7 Å². The lowest BCUT2D eigenvalue weighted by Gasteiger charge is -2.28. The highest BCUT2D eigenvalue weighted by Crippen LogP contribution is 2.47. The van der Waals surface area contributed by atoms with Gasteiger partial charge < -0.3 is 0 Å². The van der Waals surface area contributed by atoms with Crippen LogP contribution in [0.1, 0.15) is 0 Å². The molecule has 0 N–H and O–H groups in total. The third-order valence-corrected chi connectivity index (χ3v) is 27.1. The fourth-order valence-corrected chi connectivity index (χ4v) is 22.9. The van der Waals surface area contributed by atoms with Gasteiger partial charge in [-0.1, -0.05) is 382 Å². The molecule has 0 saturated heterocycles. The van der Waals surface area contributed by atoms with Crippen LogP contribution in [0.2, 0.25) is 0 Å². The summed E-state index contributed by atoms with van der Waals surface area (Å²) >= 11 is 0. The lowest BCUT2D eigenvalue weighted by atomic mass is 9.93. The van der Waals surface area contributed by atoms with Crippen LogP contribution in [0.15, 0.2) is 388 Å². The van der Waals surface area contributed by atoms with Gasteiger partial charge in [-0.25, -0.2) is 0 Å². The van der Waals surface area contributed by atoms with Crippen LogP contribution in [0.5, 0.6) is 0 Å². The monoisotopic (exact) mass is 1240 g/mol. The third kappa shape index (κ3) is 12.0. The SMILES string of the molecule is c1ccc(P(c2ccccc2)c2ccc3ccc(P(c4ccccc4)c4ccccc4)c(-c4cccc5ccccc45)c3c2)cc1.c1ccc(P(c2ccccc2)c2ccc3ccccc3c2-c2c(P(c3ccccc3)c3ccccc3)ccc3ccccc23)cc1. The van der Waals surface area contributed by atoms with Gasteiger partial charge in [0.2, 0.25) is 0 Å². The highest BCUT2D eigenvalue weighted by atomic mass is 31.1. The maximum atomic E-state index is 2.51. The lowest BCUT2D eigenvalue weighted by molar-refractivity contribution is 1.71. The van der Waals surface area contributed by atoms with Crippen molar-refractivity contribution < 1.29 is 0 Å². The van der Waals surface area contributed by atoms with E-state index in [-0.39, 0.29) is 0 Å². The van der Waals surface area contributed by atoms with Crippen LogP contribution in [0.3, 0.4) is 0 Å². The van der Waals surface area contributed by atoms with E-state index in [0.717, 1.165) is 0 Å². The Hall–Kier alpha value is -9.72. The summed E-state index contributed by atoms with van der Waals surface area (Å²) in [6.45, 7) is 0. The smallest absolute Gasteiger partial charge is 0.000884 e. The van der Waals surface area contributed by atoms with Crippen molar-refractivity contribution in [2.75, 3.05) is 0 Å². The molecule has 0 aromatic heterocycles. The predicted octanol–water partition coefficient (Wildman–Crippen LogP) is 18.4. The van der Waals surface area contributed by atoms with Gasteiger partial charge in [-0.2, -0.15) is 0 Å². The molecule has 92 heavy (non-hydrogen) atoms. The molecule has 0 nitrogen and oxygen atoms in total. The first-order valence-electron chi connectivity index (χ1n) is 31.4. The molecule has 0 aliphatic carbocycles. The van der Waals surface area contributed by atoms with Crippen molar-refractivity contribution in [3.63, 3.8) is 0 Å². The van der Waals surface area contributed by atoms with Crippen LogP contribution >= 0.6 is 31.7 Å². The summed E-state index contributed by atoms with van der Waals surface area (Å²) in [6, 6.07) is 144. The molecule has 0 saturated carbocycles. The quantitative estimate of drug-likeness (QED) is 0.0952. The molecule has 16 aromatic rings. The van der Waals surface area contributed by atoms with Crippen molar-refractivity contribution in [3.05, 3.63) is 388 Å². The largest absolute Gasteiger partial charge is 0.0622 e. The molecule has 16 rings (SSSR count). The van der Waals surface area contributed by atoms with Gasteiger partial charge in [0.15, 0.2) is 0 Å². The average Bonchev–Trinajstić information content (AvgIpc) is 0.818. The van der Waals surface area contributed by atoms with Gasteiger partial charge in [0.1, 0.15) is 0 Å². The molecule has 0 heterocycles. The fourth-order valence-electron chi connectivity index (χ4n) is 13.1. The second-order valence-electron chi connectivity index (χ2n) is 22.8. The van der Waals surface area contributed by atoms with Crippen LogP contribution in [0, 0.1) is 0 Å². The molecule has 0 spiro atoms. The molecule has 436 valence electrons. The van der Waals surface area contributed by atoms with Gasteiger partial charge in [0.05, 0.1) is 0 Å². The van der Waals surface area contributed by atoms with Crippen LogP contribution in [0.25, 0.3) is 65.3 Å². The Bertz CT molecular complexity index is 4820. The molecular weight excluding hydrogens is 1180 g/mol. The number of benzene rings is 16. The Kier molecular flexibility index (Phi) is 17.5. The molecule has 4 heteroatoms. The molecule has 0 bridgehead atoms. The summed E-state index contributed by atoms with van der Waals surface area (Å²) in [4.78, 5) is 0. The van der Waals surface area contributed by atoms with Crippen molar-refractivity contribution in [1.29, 1.82) is 0 Å². The number of hydrogen-bond acceptors (Lipinski definition) is 0. The summed E-state index contributed by atoms with van der Waals surface area (Å²) in [5, 5.41) is 26.6. The molecular formula is C88H64P4. The zero-order chi connectivity index (χ0) is 61.4. The molecule has 16 aromatic carbocycles. The van der Waals surface area contributed by atoms with E-state index in [0.29, 0.717) is 0 Å². The summed E-state index contributed by atoms with van der Waals surface area (Å²) in [5.41, 5.74) is 5.33. The van der Waals surface area contributed by atoms with E-state index in [2.05, 4.69) is 388 Å². The average molecular weight is 1250 g/mol. The second kappa shape index (κ2) is 27.4. The van der Waals surface area contributed by atoms with Gasteiger partial charge in [-0.3, -0.25) is 0 Å². The minimum Gasteiger partial charge on any atom is -0.0622 e. The van der Waals surface area contributed by atoms with Crippen LogP contribution in [-0.4, -0.2) is 0 Å². The molecule has 0 aliphatic rings. The number of fused-ring (bicyclic) bond motifs is 4. The first kappa shape index (κ1) is 58.6. The van der Waals surface area contributed by atoms with Crippen molar-refractivity contribution in [1.82, 2.24) is 0 Å². The molecule has 0 unspecified atom stereocenters. The molecule has 0 amide bonds. The van der Waals surface area contributed by atoms with E-state index in [4.69, 9.17) is 0 Å². The molecule has 0 aliphatic heterocycles. The highest BCUT2D eigenvalue weighted by molar-refractivity contribution is 7.81. The van der Waals surface area contributed by atoms with Crippen LogP contribution in [-0.2, 0) is 0 Å². The van der Waals surface area contributed by atoms with Crippen LogP contribution in [0.4, 0.5) is 0 Å². The first-order chi connectivity index (χ1) is 45.7. The van der Waals surface area contributed by atoms with Crippen molar-refractivity contribution in [3.8, 4) is 22.3 Å². The molecule has 0 radical (unpaired) electrons. The summed E-state index contributed by atoms with van der Waals surface area (Å²) in [7, 11) is -3.27. The molecule has 0 fully saturated rings. The van der Waals surface area contributed by atoms with Gasteiger partial charge in [-0.15, -0.1) is 0 Å². The topological polar surface area (TPSA) is 0 Å². The maximum absolute atomic E-state index is 2.51. The number of hydrogen-bond donors (Lipinski definition) is 0. The van der Waals surface area contributed by atoms with E-state index in [1.165, 1.54) is 129 Å². The van der Waals surface area contributed by atoms with Crippen molar-refractivity contribution in [2.24, 2.45) is 0 Å². The second-order valence-corrected chi connectivity index (χ2v) is 31.6. The van der Waals surface area contributed by atoms with Gasteiger partial charge >= 0.3 is 0 Å². The fraction of sp³-hybridized carbons (Fsp3) is 0. The molecule has 0 atom stereocenters. The first-order valence-corrected chi connectivity index (χ1v) is 36.8. The van der Waals surface area contributed by atoms with E-state index in [9.17, 15) is 0 Å². The van der Waals surface area contributed by atoms with E-state index >= 15 is 0 Å². The lowest BCUT2D eigenvalue weighted by Crippen LogP contribution is -2.26. The predicted molar refractivity (Wildman–Crippen MR) is 409 cm³/mol. The van der Waals surface area contributed by atoms with Gasteiger partial charge in [0.25, 0.3) is 0 Å². The van der Waals surface area contributed by atoms with Gasteiger partial charge in [0, 0.05) is 0 Å². The number of rotatable bonds is 14. The Labute approximate surface area is 545 Å². The summed E-state index contributed by atoms with van der Waals surface area (Å²) in [6.07, 6.45) is 0. The van der Waals surface area contributed by atoms with Crippen molar-refractivity contribution in [2.45, 2.75) is 0 Å². The van der Waals surface area contributed by atoms with Crippen molar-refractivity contribution >= 4 is 138 Å². The zero-order valence-corrected chi connectivity index (χ0v) is 54.3. The normalized spacial score (nSPS) is 11.4. The Morgan fingerprint density at radius 2 is 0.391 bits per heavy atom. The van der Waals surface area contributed by atoms with E-state index < -0.39 is 31.7 Å². The van der Waals surface area contributed by atoms with Gasteiger partial charge in [-0.05, 0) is 167 Å². The van der Waals surface area contributed by atoms with E-state index in [1.54, 1.807) is 0 Å². The minimum atomic E-state index is -0.852. The Balaban J connectivity index is 0.000000153. The zero-order valence-electron chi connectivity index (χ0n) is 50.7. The highest BCUT2D eigenvalue weighted by Gasteiger charge is 2.29.